The molecule has 0 saturated carbocycles. The fourth-order valence-corrected chi connectivity index (χ4v) is 4.71. The number of amides is 2. The van der Waals surface area contributed by atoms with E-state index in [1.165, 1.54) is 17.8 Å². The lowest BCUT2D eigenvalue weighted by Crippen LogP contribution is -2.70. The van der Waals surface area contributed by atoms with Gasteiger partial charge in [0.05, 0.1) is 0 Å². The van der Waals surface area contributed by atoms with Crippen LogP contribution in [0.25, 0.3) is 0 Å². The Hall–Kier alpha value is -2.93. The van der Waals surface area contributed by atoms with Crippen LogP contribution in [0.4, 0.5) is 5.13 Å². The third-order valence-corrected chi connectivity index (χ3v) is 6.19. The van der Waals surface area contributed by atoms with Crippen LogP contribution in [0.3, 0.4) is 0 Å². The lowest BCUT2D eigenvalue weighted by molar-refractivity contribution is -0.150. The Labute approximate surface area is 172 Å². The second kappa shape index (κ2) is 7.83. The van der Waals surface area contributed by atoms with Crippen molar-refractivity contribution < 1.29 is 24.3 Å². The van der Waals surface area contributed by atoms with Gasteiger partial charge in [-0.25, -0.2) is 4.79 Å². The van der Waals surface area contributed by atoms with Crippen molar-refractivity contribution in [2.24, 2.45) is 5.16 Å². The fraction of sp³-hybridized carbons (Fsp3) is 0.375. The summed E-state index contributed by atoms with van der Waals surface area (Å²) in [5, 5.41) is 15.4. The van der Waals surface area contributed by atoms with Crippen molar-refractivity contribution in [3.8, 4) is 0 Å². The van der Waals surface area contributed by atoms with Crippen LogP contribution in [0, 0.1) is 0 Å². The van der Waals surface area contributed by atoms with Gasteiger partial charge in [0.25, 0.3) is 11.8 Å². The standard InChI is InChI=1S/C16H16N6O5S2/c17-16-19-11(21-29-16)9(20-27-7-3-1-2-4-7)12(23)18-10-13(24)22-8(15(25)26)5-6-28-14(10)22/h1,3,5,7,10,14H,2,4,6H2,(H,18,23)(H,25,26)(H2,17,19,21)/t7?,10?,14-/m1/s1. The summed E-state index contributed by atoms with van der Waals surface area (Å²) in [6, 6.07) is -0.886. The van der Waals surface area contributed by atoms with Gasteiger partial charge >= 0.3 is 5.97 Å². The molecule has 0 spiro atoms. The first-order chi connectivity index (χ1) is 14.0. The molecule has 1 saturated heterocycles. The molecule has 1 aliphatic carbocycles. The number of aliphatic carboxylic acids is 1. The zero-order valence-electron chi connectivity index (χ0n) is 14.8. The highest BCUT2D eigenvalue weighted by atomic mass is 32.2. The summed E-state index contributed by atoms with van der Waals surface area (Å²) in [6.07, 6.45) is 6.60. The molecule has 0 radical (unpaired) electrons. The summed E-state index contributed by atoms with van der Waals surface area (Å²) in [6.45, 7) is 0. The third kappa shape index (κ3) is 3.70. The Bertz CT molecular complexity index is 957. The van der Waals surface area contributed by atoms with E-state index in [4.69, 9.17) is 10.6 Å². The lowest BCUT2D eigenvalue weighted by Gasteiger charge is -2.48. The lowest BCUT2D eigenvalue weighted by atomic mass is 10.0. The van der Waals surface area contributed by atoms with Crippen LogP contribution in [0.5, 0.6) is 0 Å². The number of carbonyl (C=O) groups excluding carboxylic acids is 2. The smallest absolute Gasteiger partial charge is 0.352 e. The van der Waals surface area contributed by atoms with Gasteiger partial charge in [-0.2, -0.15) is 9.36 Å². The van der Waals surface area contributed by atoms with Crippen molar-refractivity contribution in [3.05, 3.63) is 29.7 Å². The molecule has 1 aromatic rings. The van der Waals surface area contributed by atoms with Crippen molar-refractivity contribution in [1.82, 2.24) is 19.6 Å². The maximum atomic E-state index is 12.8. The zero-order valence-corrected chi connectivity index (χ0v) is 16.5. The highest BCUT2D eigenvalue weighted by molar-refractivity contribution is 8.00. The van der Waals surface area contributed by atoms with Gasteiger partial charge in [-0.05, 0) is 25.0 Å². The summed E-state index contributed by atoms with van der Waals surface area (Å²) in [5.41, 5.74) is 5.33. The second-order valence-electron chi connectivity index (χ2n) is 6.32. The van der Waals surface area contributed by atoms with Gasteiger partial charge in [-0.1, -0.05) is 11.2 Å². The number of oxime groups is 1. The Kier molecular flexibility index (Phi) is 5.24. The van der Waals surface area contributed by atoms with Crippen LogP contribution in [0.2, 0.25) is 0 Å². The highest BCUT2D eigenvalue weighted by Crippen LogP contribution is 2.37. The van der Waals surface area contributed by atoms with E-state index in [1.54, 1.807) is 0 Å². The Morgan fingerprint density at radius 3 is 2.93 bits per heavy atom. The summed E-state index contributed by atoms with van der Waals surface area (Å²) in [5.74, 6) is -1.97. The molecule has 0 aromatic carbocycles. The number of β-lactam (4-membered cyclic amide) rings is 1. The van der Waals surface area contributed by atoms with E-state index < -0.39 is 29.2 Å². The molecular formula is C16H16N6O5S2. The van der Waals surface area contributed by atoms with E-state index >= 15 is 0 Å². The average Bonchev–Trinajstić information content (AvgIpc) is 3.37. The number of nitrogens with one attached hydrogen (secondary N) is 1. The number of anilines is 1. The Balaban J connectivity index is 1.50. The summed E-state index contributed by atoms with van der Waals surface area (Å²) >= 11 is 2.26. The van der Waals surface area contributed by atoms with Crippen LogP contribution in [-0.2, 0) is 19.2 Å². The van der Waals surface area contributed by atoms with Crippen molar-refractivity contribution in [3.63, 3.8) is 0 Å². The van der Waals surface area contributed by atoms with Crippen molar-refractivity contribution in [2.45, 2.75) is 30.4 Å². The van der Waals surface area contributed by atoms with Gasteiger partial charge < -0.3 is 21.0 Å². The van der Waals surface area contributed by atoms with Crippen LogP contribution in [-0.4, -0.2) is 66.1 Å². The number of allylic oxidation sites excluding steroid dienone is 1. The molecule has 2 unspecified atom stereocenters. The number of hydrogen-bond acceptors (Lipinski definition) is 10. The molecule has 2 aliphatic heterocycles. The van der Waals surface area contributed by atoms with E-state index in [1.807, 2.05) is 12.2 Å². The van der Waals surface area contributed by atoms with Gasteiger partial charge in [0.2, 0.25) is 11.5 Å². The molecule has 152 valence electrons. The molecule has 1 fully saturated rings. The Morgan fingerprint density at radius 2 is 2.28 bits per heavy atom. The van der Waals surface area contributed by atoms with E-state index in [-0.39, 0.29) is 28.5 Å². The topological polar surface area (TPSA) is 160 Å². The van der Waals surface area contributed by atoms with Crippen LogP contribution in [0.1, 0.15) is 18.7 Å². The first-order valence-electron chi connectivity index (χ1n) is 8.64. The molecule has 3 aliphatic rings. The number of carboxylic acid groups (broad SMARTS) is 1. The molecule has 29 heavy (non-hydrogen) atoms. The second-order valence-corrected chi connectivity index (χ2v) is 8.26. The van der Waals surface area contributed by atoms with Gasteiger partial charge in [0.15, 0.2) is 5.13 Å². The minimum atomic E-state index is -1.18. The predicted octanol–water partition coefficient (Wildman–Crippen LogP) is -0.0720. The largest absolute Gasteiger partial charge is 0.477 e. The van der Waals surface area contributed by atoms with E-state index in [9.17, 15) is 19.5 Å². The minimum absolute atomic E-state index is 0.00183. The van der Waals surface area contributed by atoms with Gasteiger partial charge in [-0.15, -0.1) is 11.8 Å². The van der Waals surface area contributed by atoms with Crippen molar-refractivity contribution in [2.75, 3.05) is 11.5 Å². The van der Waals surface area contributed by atoms with Crippen molar-refractivity contribution in [1.29, 1.82) is 0 Å². The third-order valence-electron chi connectivity index (χ3n) is 4.47. The monoisotopic (exact) mass is 436 g/mol. The average molecular weight is 436 g/mol. The number of nitrogen functional groups attached to an aromatic ring is 1. The summed E-state index contributed by atoms with van der Waals surface area (Å²) < 4.78 is 4.00. The first-order valence-corrected chi connectivity index (χ1v) is 10.5. The number of carboxylic acids is 1. The molecule has 3 heterocycles. The highest BCUT2D eigenvalue weighted by Gasteiger charge is 2.53. The molecule has 3 atom stereocenters. The zero-order chi connectivity index (χ0) is 20.5. The molecule has 4 N–H and O–H groups in total. The molecule has 4 rings (SSSR count). The summed E-state index contributed by atoms with van der Waals surface area (Å²) in [7, 11) is 0. The van der Waals surface area contributed by atoms with Crippen molar-refractivity contribution >= 4 is 51.9 Å². The quantitative estimate of drug-likeness (QED) is 0.240. The molecule has 13 heteroatoms. The minimum Gasteiger partial charge on any atom is -0.477 e. The van der Waals surface area contributed by atoms with E-state index in [0.717, 1.165) is 29.3 Å². The van der Waals surface area contributed by atoms with Gasteiger partial charge in [-0.3, -0.25) is 14.5 Å². The maximum absolute atomic E-state index is 12.8. The number of carbonyl (C=O) groups is 3. The normalized spacial score (nSPS) is 25.9. The van der Waals surface area contributed by atoms with Crippen LogP contribution >= 0.6 is 23.3 Å². The molecular weight excluding hydrogens is 420 g/mol. The van der Waals surface area contributed by atoms with Crippen LogP contribution in [0.15, 0.2) is 29.1 Å². The summed E-state index contributed by atoms with van der Waals surface area (Å²) in [4.78, 5) is 47.1. The predicted molar refractivity (Wildman–Crippen MR) is 105 cm³/mol. The number of nitrogens with zero attached hydrogens (tertiary/aromatic N) is 4. The van der Waals surface area contributed by atoms with Gasteiger partial charge in [0, 0.05) is 17.3 Å². The maximum Gasteiger partial charge on any atom is 0.352 e. The van der Waals surface area contributed by atoms with E-state index in [0.29, 0.717) is 5.75 Å². The Morgan fingerprint density at radius 1 is 1.45 bits per heavy atom. The first kappa shape index (κ1) is 19.4. The van der Waals surface area contributed by atoms with E-state index in [2.05, 4.69) is 19.8 Å². The number of rotatable bonds is 6. The van der Waals surface area contributed by atoms with Crippen LogP contribution < -0.4 is 11.1 Å². The number of aromatic nitrogens is 2. The SMILES string of the molecule is Nc1nc(C(=NOC2C=CCC2)C(=O)NC2C(=O)N3C(C(=O)O)=CCS[C@H]23)ns1. The molecule has 11 nitrogen and oxygen atoms in total. The molecule has 1 aromatic heterocycles. The van der Waals surface area contributed by atoms with Gasteiger partial charge in [0.1, 0.15) is 23.2 Å². The number of fused-ring (bicyclic) bond motifs is 1. The molecule has 2 amide bonds. The molecule has 0 bridgehead atoms. The number of nitrogens with two attached hydrogens (primary N) is 1. The number of thioether (sulfide) groups is 1. The fourth-order valence-electron chi connectivity index (χ4n) is 3.08. The number of hydrogen-bond donors (Lipinski definition) is 3.